The molecule has 2 rings (SSSR count). The normalized spacial score (nSPS) is 26.8. The van der Waals surface area contributed by atoms with Crippen LogP contribution >= 0.6 is 12.6 Å². The van der Waals surface area contributed by atoms with E-state index in [2.05, 4.69) is 42.0 Å². The van der Waals surface area contributed by atoms with Crippen molar-refractivity contribution < 1.29 is 9.53 Å². The number of ether oxygens (including phenoxy) is 1. The van der Waals surface area contributed by atoms with Crippen LogP contribution in [0.3, 0.4) is 0 Å². The maximum atomic E-state index is 12.2. The molecule has 2 aliphatic heterocycles. The van der Waals surface area contributed by atoms with Gasteiger partial charge in [0.15, 0.2) is 0 Å². The first kappa shape index (κ1) is 15.3. The SMILES string of the molecule is CC(C)(C)OC(=O)N1C[C@@H](S)C[C@H]1/C=C/N1CC=CC1. The van der Waals surface area contributed by atoms with Crippen molar-refractivity contribution >= 4 is 18.7 Å². The summed E-state index contributed by atoms with van der Waals surface area (Å²) >= 11 is 4.51. The van der Waals surface area contributed by atoms with E-state index in [1.165, 1.54) is 0 Å². The summed E-state index contributed by atoms with van der Waals surface area (Å²) in [5.41, 5.74) is -0.459. The first-order chi connectivity index (χ1) is 9.35. The van der Waals surface area contributed by atoms with Crippen molar-refractivity contribution in [3.63, 3.8) is 0 Å². The molecular formula is C15H24N2O2S. The first-order valence-electron chi connectivity index (χ1n) is 7.10. The van der Waals surface area contributed by atoms with E-state index in [-0.39, 0.29) is 17.4 Å². The fourth-order valence-electron chi connectivity index (χ4n) is 2.39. The second-order valence-corrected chi connectivity index (χ2v) is 7.09. The van der Waals surface area contributed by atoms with Crippen molar-refractivity contribution in [3.05, 3.63) is 24.4 Å². The fraction of sp³-hybridized carbons (Fsp3) is 0.667. The van der Waals surface area contributed by atoms with Gasteiger partial charge in [-0.05, 0) is 39.5 Å². The Morgan fingerprint density at radius 3 is 2.60 bits per heavy atom. The van der Waals surface area contributed by atoms with Crippen LogP contribution in [0.2, 0.25) is 0 Å². The number of amides is 1. The number of likely N-dealkylation sites (tertiary alicyclic amines) is 1. The van der Waals surface area contributed by atoms with Crippen LogP contribution in [0.1, 0.15) is 27.2 Å². The first-order valence-corrected chi connectivity index (χ1v) is 7.62. The molecule has 0 aromatic heterocycles. The Morgan fingerprint density at radius 2 is 2.00 bits per heavy atom. The molecule has 5 heteroatoms. The standard InChI is InChI=1S/C15H24N2O2S/c1-15(2,3)19-14(18)17-11-13(20)10-12(17)6-9-16-7-4-5-8-16/h4-6,9,12-13,20H,7-8,10-11H2,1-3H3/b9-6+/t12-,13+/m1/s1. The average molecular weight is 296 g/mol. The second-order valence-electron chi connectivity index (χ2n) is 6.36. The van der Waals surface area contributed by atoms with Crippen LogP contribution in [0.4, 0.5) is 4.79 Å². The van der Waals surface area contributed by atoms with Gasteiger partial charge in [-0.15, -0.1) is 0 Å². The third-order valence-corrected chi connectivity index (χ3v) is 3.69. The molecule has 1 fully saturated rings. The van der Waals surface area contributed by atoms with E-state index in [0.717, 1.165) is 19.5 Å². The lowest BCUT2D eigenvalue weighted by molar-refractivity contribution is 0.0256. The molecule has 0 spiro atoms. The van der Waals surface area contributed by atoms with E-state index in [9.17, 15) is 4.79 Å². The number of hydrogen-bond donors (Lipinski definition) is 1. The van der Waals surface area contributed by atoms with Crippen molar-refractivity contribution in [1.29, 1.82) is 0 Å². The lowest BCUT2D eigenvalue weighted by Gasteiger charge is -2.27. The highest BCUT2D eigenvalue weighted by atomic mass is 32.1. The molecule has 2 aliphatic rings. The molecule has 112 valence electrons. The summed E-state index contributed by atoms with van der Waals surface area (Å²) in [4.78, 5) is 16.2. The van der Waals surface area contributed by atoms with Gasteiger partial charge in [-0.25, -0.2) is 4.79 Å². The Kier molecular flexibility index (Phi) is 4.68. The van der Waals surface area contributed by atoms with Gasteiger partial charge < -0.3 is 14.5 Å². The molecule has 2 atom stereocenters. The van der Waals surface area contributed by atoms with Crippen LogP contribution in [-0.4, -0.2) is 52.4 Å². The fourth-order valence-corrected chi connectivity index (χ4v) is 2.79. The predicted octanol–water partition coefficient (Wildman–Crippen LogP) is 2.68. The molecule has 0 radical (unpaired) electrons. The van der Waals surface area contributed by atoms with Gasteiger partial charge >= 0.3 is 6.09 Å². The number of rotatable bonds is 2. The minimum absolute atomic E-state index is 0.0768. The number of nitrogens with zero attached hydrogens (tertiary/aromatic N) is 2. The minimum atomic E-state index is -0.459. The van der Waals surface area contributed by atoms with E-state index < -0.39 is 5.60 Å². The monoisotopic (exact) mass is 296 g/mol. The van der Waals surface area contributed by atoms with Gasteiger partial charge in [-0.2, -0.15) is 12.6 Å². The number of hydrogen-bond acceptors (Lipinski definition) is 4. The maximum Gasteiger partial charge on any atom is 0.410 e. The second kappa shape index (κ2) is 6.12. The van der Waals surface area contributed by atoms with Crippen molar-refractivity contribution in [1.82, 2.24) is 9.80 Å². The molecule has 0 aromatic rings. The molecule has 0 aromatic carbocycles. The van der Waals surface area contributed by atoms with Gasteiger partial charge in [0, 0.05) is 24.9 Å². The lowest BCUT2D eigenvalue weighted by atomic mass is 10.2. The Balaban J connectivity index is 1.97. The third-order valence-electron chi connectivity index (χ3n) is 3.31. The number of thiol groups is 1. The van der Waals surface area contributed by atoms with Crippen LogP contribution in [-0.2, 0) is 4.74 Å². The Hall–Kier alpha value is -1.10. The Labute approximate surface area is 126 Å². The average Bonchev–Trinajstić information content (AvgIpc) is 2.92. The highest BCUT2D eigenvalue weighted by Gasteiger charge is 2.34. The van der Waals surface area contributed by atoms with Gasteiger partial charge in [-0.1, -0.05) is 12.2 Å². The molecule has 1 amide bonds. The summed E-state index contributed by atoms with van der Waals surface area (Å²) in [5, 5.41) is 0.217. The molecular weight excluding hydrogens is 272 g/mol. The Bertz CT molecular complexity index is 407. The summed E-state index contributed by atoms with van der Waals surface area (Å²) in [6.45, 7) is 8.20. The number of carbonyl (C=O) groups is 1. The summed E-state index contributed by atoms with van der Waals surface area (Å²) in [7, 11) is 0. The quantitative estimate of drug-likeness (QED) is 0.628. The van der Waals surface area contributed by atoms with E-state index in [1.54, 1.807) is 4.90 Å². The Morgan fingerprint density at radius 1 is 1.35 bits per heavy atom. The van der Waals surface area contributed by atoms with Crippen LogP contribution in [0, 0.1) is 0 Å². The van der Waals surface area contributed by atoms with Gasteiger partial charge in [-0.3, -0.25) is 0 Å². The highest BCUT2D eigenvalue weighted by Crippen LogP contribution is 2.25. The lowest BCUT2D eigenvalue weighted by Crippen LogP contribution is -2.39. The zero-order chi connectivity index (χ0) is 14.8. The van der Waals surface area contributed by atoms with E-state index in [0.29, 0.717) is 6.54 Å². The van der Waals surface area contributed by atoms with Crippen LogP contribution in [0.25, 0.3) is 0 Å². The molecule has 20 heavy (non-hydrogen) atoms. The van der Waals surface area contributed by atoms with Crippen molar-refractivity contribution in [2.75, 3.05) is 19.6 Å². The van der Waals surface area contributed by atoms with Gasteiger partial charge in [0.25, 0.3) is 0 Å². The molecule has 0 aliphatic carbocycles. The molecule has 0 saturated carbocycles. The van der Waals surface area contributed by atoms with Gasteiger partial charge in [0.1, 0.15) is 5.60 Å². The molecule has 1 saturated heterocycles. The molecule has 0 N–H and O–H groups in total. The molecule has 0 unspecified atom stereocenters. The zero-order valence-corrected chi connectivity index (χ0v) is 13.3. The minimum Gasteiger partial charge on any atom is -0.444 e. The largest absolute Gasteiger partial charge is 0.444 e. The summed E-state index contributed by atoms with van der Waals surface area (Å²) in [5.74, 6) is 0. The van der Waals surface area contributed by atoms with E-state index in [4.69, 9.17) is 4.74 Å². The molecule has 0 bridgehead atoms. The zero-order valence-electron chi connectivity index (χ0n) is 12.5. The molecule has 4 nitrogen and oxygen atoms in total. The smallest absolute Gasteiger partial charge is 0.410 e. The van der Waals surface area contributed by atoms with Crippen molar-refractivity contribution in [2.45, 2.75) is 44.1 Å². The third kappa shape index (κ3) is 4.20. The maximum absolute atomic E-state index is 12.2. The topological polar surface area (TPSA) is 32.8 Å². The van der Waals surface area contributed by atoms with Gasteiger partial charge in [0.05, 0.1) is 6.04 Å². The van der Waals surface area contributed by atoms with Crippen molar-refractivity contribution in [2.24, 2.45) is 0 Å². The van der Waals surface area contributed by atoms with Crippen LogP contribution < -0.4 is 0 Å². The summed E-state index contributed by atoms with van der Waals surface area (Å²) < 4.78 is 5.47. The van der Waals surface area contributed by atoms with Crippen LogP contribution in [0.15, 0.2) is 24.4 Å². The number of carbonyl (C=O) groups excluding carboxylic acids is 1. The summed E-state index contributed by atoms with van der Waals surface area (Å²) in [6.07, 6.45) is 9.09. The van der Waals surface area contributed by atoms with Gasteiger partial charge in [0.2, 0.25) is 0 Å². The van der Waals surface area contributed by atoms with E-state index >= 15 is 0 Å². The highest BCUT2D eigenvalue weighted by molar-refractivity contribution is 7.81. The predicted molar refractivity (Wildman–Crippen MR) is 84.0 cm³/mol. The van der Waals surface area contributed by atoms with Crippen molar-refractivity contribution in [3.8, 4) is 0 Å². The molecule has 2 heterocycles. The van der Waals surface area contributed by atoms with E-state index in [1.807, 2.05) is 20.8 Å². The van der Waals surface area contributed by atoms with Crippen LogP contribution in [0.5, 0.6) is 0 Å². The summed E-state index contributed by atoms with van der Waals surface area (Å²) in [6, 6.07) is 0.0768.